The van der Waals surface area contributed by atoms with Gasteiger partial charge in [0.05, 0.1) is 0 Å². The van der Waals surface area contributed by atoms with Gasteiger partial charge in [-0.15, -0.1) is 0 Å². The standard InChI is InChI=1S/C22H24FNO5/c23-16-5-6-18(21(26)27)20(11-16)28-14-17(25)13-24-9-7-22(8-10-24)12-15-3-1-2-4-19(15)29-22/h1-6,11,17,25H,7-10,12-14H2,(H,26,27)/t17-/m0/s1. The van der Waals surface area contributed by atoms with E-state index in [2.05, 4.69) is 11.0 Å². The predicted molar refractivity (Wildman–Crippen MR) is 104 cm³/mol. The fourth-order valence-corrected chi connectivity index (χ4v) is 4.12. The number of β-amino-alcohol motifs (C(OH)–C–C–N with tert-alkyl or cyclic N) is 1. The summed E-state index contributed by atoms with van der Waals surface area (Å²) in [5.74, 6) is -0.892. The second-order valence-corrected chi connectivity index (χ2v) is 7.78. The number of rotatable bonds is 6. The number of hydrogen-bond acceptors (Lipinski definition) is 5. The Morgan fingerprint density at radius 3 is 2.72 bits per heavy atom. The van der Waals surface area contributed by atoms with Gasteiger partial charge in [0, 0.05) is 45.0 Å². The van der Waals surface area contributed by atoms with Crippen molar-refractivity contribution in [3.8, 4) is 11.5 Å². The normalized spacial score (nSPS) is 18.8. The molecule has 6 nitrogen and oxygen atoms in total. The van der Waals surface area contributed by atoms with Crippen molar-refractivity contribution in [2.24, 2.45) is 0 Å². The molecule has 0 unspecified atom stereocenters. The van der Waals surface area contributed by atoms with Crippen LogP contribution >= 0.6 is 0 Å². The van der Waals surface area contributed by atoms with Crippen LogP contribution in [0.3, 0.4) is 0 Å². The van der Waals surface area contributed by atoms with Gasteiger partial charge >= 0.3 is 5.97 Å². The predicted octanol–water partition coefficient (Wildman–Crippen LogP) is 2.73. The zero-order chi connectivity index (χ0) is 20.4. The Kier molecular flexibility index (Phi) is 5.43. The van der Waals surface area contributed by atoms with Crippen LogP contribution in [0.2, 0.25) is 0 Å². The molecule has 29 heavy (non-hydrogen) atoms. The lowest BCUT2D eigenvalue weighted by molar-refractivity contribution is -0.00204. The highest BCUT2D eigenvalue weighted by molar-refractivity contribution is 5.90. The molecule has 2 aromatic rings. The Morgan fingerprint density at radius 2 is 2.00 bits per heavy atom. The number of likely N-dealkylation sites (tertiary alicyclic amines) is 1. The van der Waals surface area contributed by atoms with E-state index < -0.39 is 17.9 Å². The van der Waals surface area contributed by atoms with Crippen molar-refractivity contribution in [2.45, 2.75) is 31.0 Å². The van der Waals surface area contributed by atoms with Crippen molar-refractivity contribution in [1.29, 1.82) is 0 Å². The summed E-state index contributed by atoms with van der Waals surface area (Å²) in [6.45, 7) is 1.89. The van der Waals surface area contributed by atoms with Gasteiger partial charge in [-0.25, -0.2) is 9.18 Å². The molecular formula is C22H24FNO5. The highest BCUT2D eigenvalue weighted by atomic mass is 19.1. The van der Waals surface area contributed by atoms with Crippen LogP contribution in [-0.2, 0) is 6.42 Å². The fraction of sp³-hybridized carbons (Fsp3) is 0.409. The van der Waals surface area contributed by atoms with Crippen LogP contribution in [0.25, 0.3) is 0 Å². The Labute approximate surface area is 168 Å². The molecule has 1 spiro atoms. The molecule has 1 saturated heterocycles. The van der Waals surface area contributed by atoms with E-state index in [1.165, 1.54) is 5.56 Å². The molecule has 2 heterocycles. The molecule has 4 rings (SSSR count). The topological polar surface area (TPSA) is 79.2 Å². The summed E-state index contributed by atoms with van der Waals surface area (Å²) in [6, 6.07) is 11.4. The van der Waals surface area contributed by atoms with Gasteiger partial charge in [0.2, 0.25) is 0 Å². The van der Waals surface area contributed by atoms with Crippen LogP contribution in [0.1, 0.15) is 28.8 Å². The molecule has 0 bridgehead atoms. The smallest absolute Gasteiger partial charge is 0.339 e. The Balaban J connectivity index is 1.27. The second kappa shape index (κ2) is 8.00. The van der Waals surface area contributed by atoms with E-state index >= 15 is 0 Å². The highest BCUT2D eigenvalue weighted by Crippen LogP contribution is 2.40. The van der Waals surface area contributed by atoms with Crippen molar-refractivity contribution in [3.05, 3.63) is 59.4 Å². The van der Waals surface area contributed by atoms with Gasteiger partial charge in [-0.3, -0.25) is 0 Å². The number of para-hydroxylation sites is 1. The zero-order valence-corrected chi connectivity index (χ0v) is 16.0. The summed E-state index contributed by atoms with van der Waals surface area (Å²) in [4.78, 5) is 13.4. The summed E-state index contributed by atoms with van der Waals surface area (Å²) < 4.78 is 25.0. The van der Waals surface area contributed by atoms with Gasteiger partial charge in [-0.1, -0.05) is 18.2 Å². The van der Waals surface area contributed by atoms with Crippen LogP contribution in [0.4, 0.5) is 4.39 Å². The van der Waals surface area contributed by atoms with Gasteiger partial charge in [0.25, 0.3) is 0 Å². The average Bonchev–Trinajstić information content (AvgIpc) is 3.06. The third kappa shape index (κ3) is 4.36. The van der Waals surface area contributed by atoms with Gasteiger partial charge in [-0.2, -0.15) is 0 Å². The van der Waals surface area contributed by atoms with Gasteiger partial charge < -0.3 is 24.6 Å². The number of benzene rings is 2. The molecule has 0 saturated carbocycles. The summed E-state index contributed by atoms with van der Waals surface area (Å²) in [5, 5.41) is 19.5. The van der Waals surface area contributed by atoms with E-state index in [-0.39, 0.29) is 23.5 Å². The molecule has 2 aliphatic heterocycles. The molecule has 0 aromatic heterocycles. The lowest BCUT2D eigenvalue weighted by Gasteiger charge is -2.39. The minimum atomic E-state index is -1.20. The first-order valence-corrected chi connectivity index (χ1v) is 9.77. The average molecular weight is 401 g/mol. The Morgan fingerprint density at radius 1 is 1.24 bits per heavy atom. The third-order valence-corrected chi connectivity index (χ3v) is 5.65. The number of carboxylic acid groups (broad SMARTS) is 1. The summed E-state index contributed by atoms with van der Waals surface area (Å²) in [7, 11) is 0. The van der Waals surface area contributed by atoms with E-state index in [0.29, 0.717) is 6.54 Å². The lowest BCUT2D eigenvalue weighted by Crippen LogP contribution is -2.49. The zero-order valence-electron chi connectivity index (χ0n) is 16.0. The van der Waals surface area contributed by atoms with Crippen LogP contribution in [0.15, 0.2) is 42.5 Å². The van der Waals surface area contributed by atoms with Gasteiger partial charge in [-0.05, 0) is 23.8 Å². The number of fused-ring (bicyclic) bond motifs is 1. The molecule has 1 atom stereocenters. The van der Waals surface area contributed by atoms with Crippen LogP contribution < -0.4 is 9.47 Å². The van der Waals surface area contributed by atoms with Crippen molar-refractivity contribution in [2.75, 3.05) is 26.2 Å². The number of aromatic carboxylic acids is 1. The molecule has 1 fully saturated rings. The van der Waals surface area contributed by atoms with Gasteiger partial charge in [0.1, 0.15) is 41.2 Å². The second-order valence-electron chi connectivity index (χ2n) is 7.78. The molecule has 0 radical (unpaired) electrons. The monoisotopic (exact) mass is 401 g/mol. The van der Waals surface area contributed by atoms with Crippen LogP contribution in [0, 0.1) is 5.82 Å². The van der Waals surface area contributed by atoms with E-state index in [4.69, 9.17) is 14.6 Å². The first kappa shape index (κ1) is 19.7. The maximum Gasteiger partial charge on any atom is 0.339 e. The first-order valence-electron chi connectivity index (χ1n) is 9.77. The van der Waals surface area contributed by atoms with Crippen LogP contribution in [0.5, 0.6) is 11.5 Å². The number of carboxylic acids is 1. The quantitative estimate of drug-likeness (QED) is 0.775. The number of aliphatic hydroxyl groups excluding tert-OH is 1. The molecule has 0 amide bonds. The number of piperidine rings is 1. The minimum Gasteiger partial charge on any atom is -0.490 e. The SMILES string of the molecule is O=C(O)c1ccc(F)cc1OC[C@@H](O)CN1CCC2(CC1)Cc1ccccc1O2. The fourth-order valence-electron chi connectivity index (χ4n) is 4.12. The summed E-state index contributed by atoms with van der Waals surface area (Å²) in [5.41, 5.74) is 0.967. The number of hydrogen-bond donors (Lipinski definition) is 2. The third-order valence-electron chi connectivity index (χ3n) is 5.65. The van der Waals surface area contributed by atoms with Crippen molar-refractivity contribution in [3.63, 3.8) is 0 Å². The Hall–Kier alpha value is -2.64. The molecular weight excluding hydrogens is 377 g/mol. The molecule has 2 N–H and O–H groups in total. The minimum absolute atomic E-state index is 0.0775. The van der Waals surface area contributed by atoms with E-state index in [1.807, 2.05) is 18.2 Å². The van der Waals surface area contributed by atoms with Crippen molar-refractivity contribution >= 4 is 5.97 Å². The maximum atomic E-state index is 13.4. The van der Waals surface area contributed by atoms with Gasteiger partial charge in [0.15, 0.2) is 0 Å². The van der Waals surface area contributed by atoms with E-state index in [9.17, 15) is 14.3 Å². The number of halogens is 1. The molecule has 154 valence electrons. The number of nitrogens with zero attached hydrogens (tertiary/aromatic N) is 1. The van der Waals surface area contributed by atoms with Crippen molar-refractivity contribution < 1.29 is 28.9 Å². The molecule has 2 aromatic carbocycles. The molecule has 2 aliphatic rings. The number of ether oxygens (including phenoxy) is 2. The lowest BCUT2D eigenvalue weighted by atomic mass is 9.87. The molecule has 7 heteroatoms. The van der Waals surface area contributed by atoms with Crippen molar-refractivity contribution in [1.82, 2.24) is 4.90 Å². The number of aliphatic hydroxyl groups is 1. The summed E-state index contributed by atoms with van der Waals surface area (Å²) >= 11 is 0. The summed E-state index contributed by atoms with van der Waals surface area (Å²) in [6.07, 6.45) is 1.86. The highest BCUT2D eigenvalue weighted by Gasteiger charge is 2.41. The number of carbonyl (C=O) groups is 1. The first-order chi connectivity index (χ1) is 13.9. The maximum absolute atomic E-state index is 13.4. The van der Waals surface area contributed by atoms with E-state index in [1.54, 1.807) is 0 Å². The molecule has 0 aliphatic carbocycles. The van der Waals surface area contributed by atoms with Crippen LogP contribution in [-0.4, -0.2) is 59.0 Å². The Bertz CT molecular complexity index is 868. The largest absolute Gasteiger partial charge is 0.490 e. The van der Waals surface area contributed by atoms with E-state index in [0.717, 1.165) is 56.3 Å².